The summed E-state index contributed by atoms with van der Waals surface area (Å²) in [5.41, 5.74) is 0.749. The zero-order chi connectivity index (χ0) is 9.84. The van der Waals surface area contributed by atoms with Gasteiger partial charge in [-0.1, -0.05) is 0 Å². The average molecular weight is 200 g/mol. The molecule has 1 amide bonds. The third kappa shape index (κ3) is 2.25. The number of thiazole rings is 1. The van der Waals surface area contributed by atoms with Crippen molar-refractivity contribution in [3.63, 3.8) is 0 Å². The fraction of sp³-hybridized carbons (Fsp3) is 0.286. The summed E-state index contributed by atoms with van der Waals surface area (Å²) in [6.45, 7) is 1.76. The molecule has 2 N–H and O–H groups in total. The van der Waals surface area contributed by atoms with Gasteiger partial charge >= 0.3 is 5.97 Å². The number of carbonyl (C=O) groups excluding carboxylic acids is 1. The molecule has 6 heteroatoms. The van der Waals surface area contributed by atoms with Gasteiger partial charge in [-0.2, -0.15) is 0 Å². The molecule has 0 saturated carbocycles. The first-order valence-corrected chi connectivity index (χ1v) is 4.37. The summed E-state index contributed by atoms with van der Waals surface area (Å²) in [6, 6.07) is -1.03. The van der Waals surface area contributed by atoms with Gasteiger partial charge in [0.15, 0.2) is 6.04 Å². The maximum absolute atomic E-state index is 10.6. The molecule has 70 valence electrons. The number of nitrogens with one attached hydrogen (secondary N) is 1. The molecule has 0 saturated heterocycles. The molecular formula is C7H8N2O3S. The Bertz CT molecular complexity index is 323. The van der Waals surface area contributed by atoms with Crippen molar-refractivity contribution in [2.75, 3.05) is 0 Å². The fourth-order valence-corrected chi connectivity index (χ4v) is 1.67. The van der Waals surface area contributed by atoms with E-state index in [1.807, 2.05) is 0 Å². The molecule has 1 aromatic rings. The molecule has 1 atom stereocenters. The second-order valence-corrected chi connectivity index (χ2v) is 3.27. The third-order valence-corrected chi connectivity index (χ3v) is 2.39. The summed E-state index contributed by atoms with van der Waals surface area (Å²) in [4.78, 5) is 24.7. The number of amides is 1. The van der Waals surface area contributed by atoms with E-state index in [4.69, 9.17) is 5.11 Å². The lowest BCUT2D eigenvalue weighted by atomic mass is 10.3. The van der Waals surface area contributed by atoms with E-state index in [1.54, 1.807) is 12.3 Å². The molecule has 0 aliphatic carbocycles. The number of carboxylic acids is 1. The molecule has 0 radical (unpaired) electrons. The summed E-state index contributed by atoms with van der Waals surface area (Å²) in [5.74, 6) is -1.11. The number of aliphatic carboxylic acids is 1. The number of hydrogen-bond acceptors (Lipinski definition) is 4. The molecule has 5 nitrogen and oxygen atoms in total. The van der Waals surface area contributed by atoms with Crippen LogP contribution in [0, 0.1) is 6.92 Å². The summed E-state index contributed by atoms with van der Waals surface area (Å²) in [7, 11) is 0. The van der Waals surface area contributed by atoms with Gasteiger partial charge in [0.25, 0.3) is 0 Å². The molecule has 0 spiro atoms. The predicted octanol–water partition coefficient (Wildman–Crippen LogP) is 0.323. The molecule has 1 heterocycles. The van der Waals surface area contributed by atoms with Gasteiger partial charge in [-0.25, -0.2) is 9.78 Å². The summed E-state index contributed by atoms with van der Waals surface area (Å²) in [6.07, 6.45) is 0.357. The van der Waals surface area contributed by atoms with Crippen LogP contribution in [0.15, 0.2) is 5.38 Å². The summed E-state index contributed by atoms with van der Waals surface area (Å²) >= 11 is 1.21. The summed E-state index contributed by atoms with van der Waals surface area (Å²) < 4.78 is 0. The number of aromatic nitrogens is 1. The minimum atomic E-state index is -1.11. The normalized spacial score (nSPS) is 12.1. The van der Waals surface area contributed by atoms with Crippen LogP contribution in [0.3, 0.4) is 0 Å². The molecule has 0 aromatic carbocycles. The molecule has 1 unspecified atom stereocenters. The second kappa shape index (κ2) is 3.99. The minimum absolute atomic E-state index is 0.357. The van der Waals surface area contributed by atoms with Gasteiger partial charge in [-0.3, -0.25) is 4.79 Å². The van der Waals surface area contributed by atoms with Gasteiger partial charge in [0, 0.05) is 11.1 Å². The molecule has 0 bridgehead atoms. The minimum Gasteiger partial charge on any atom is -0.479 e. The van der Waals surface area contributed by atoms with Crippen molar-refractivity contribution >= 4 is 23.7 Å². The van der Waals surface area contributed by atoms with Crippen LogP contribution in [-0.2, 0) is 9.59 Å². The number of hydrogen-bond donors (Lipinski definition) is 2. The second-order valence-electron chi connectivity index (χ2n) is 2.38. The quantitative estimate of drug-likeness (QED) is 0.686. The smallest absolute Gasteiger partial charge is 0.333 e. The molecule has 13 heavy (non-hydrogen) atoms. The van der Waals surface area contributed by atoms with Crippen LogP contribution >= 0.6 is 11.3 Å². The Morgan fingerprint density at radius 3 is 2.92 bits per heavy atom. The highest BCUT2D eigenvalue weighted by molar-refractivity contribution is 7.09. The van der Waals surface area contributed by atoms with Crippen molar-refractivity contribution in [3.05, 3.63) is 16.1 Å². The Morgan fingerprint density at radius 1 is 1.85 bits per heavy atom. The monoisotopic (exact) mass is 200 g/mol. The van der Waals surface area contributed by atoms with E-state index in [-0.39, 0.29) is 0 Å². The van der Waals surface area contributed by atoms with Crippen LogP contribution in [0.25, 0.3) is 0 Å². The Morgan fingerprint density at radius 2 is 2.54 bits per heavy atom. The van der Waals surface area contributed by atoms with Crippen molar-refractivity contribution < 1.29 is 14.7 Å². The number of carboxylic acid groups (broad SMARTS) is 1. The molecule has 0 fully saturated rings. The van der Waals surface area contributed by atoms with Crippen molar-refractivity contribution in [1.29, 1.82) is 0 Å². The Labute approximate surface area is 78.4 Å². The first kappa shape index (κ1) is 9.66. The average Bonchev–Trinajstić information content (AvgIpc) is 2.46. The van der Waals surface area contributed by atoms with Gasteiger partial charge in [0.05, 0.1) is 0 Å². The van der Waals surface area contributed by atoms with E-state index in [1.165, 1.54) is 11.3 Å². The van der Waals surface area contributed by atoms with Crippen LogP contribution in [0.2, 0.25) is 0 Å². The lowest BCUT2D eigenvalue weighted by Crippen LogP contribution is -2.27. The first-order chi connectivity index (χ1) is 6.15. The van der Waals surface area contributed by atoms with Crippen LogP contribution < -0.4 is 5.32 Å². The number of carbonyl (C=O) groups is 2. The highest BCUT2D eigenvalue weighted by Crippen LogP contribution is 2.17. The highest BCUT2D eigenvalue weighted by Gasteiger charge is 2.21. The fourth-order valence-electron chi connectivity index (χ4n) is 0.821. The van der Waals surface area contributed by atoms with Gasteiger partial charge in [0.2, 0.25) is 6.41 Å². The Hall–Kier alpha value is -1.43. The van der Waals surface area contributed by atoms with Crippen molar-refractivity contribution in [1.82, 2.24) is 10.3 Å². The molecular weight excluding hydrogens is 192 g/mol. The van der Waals surface area contributed by atoms with Crippen LogP contribution in [0.4, 0.5) is 0 Å². The van der Waals surface area contributed by atoms with Crippen LogP contribution in [0.5, 0.6) is 0 Å². The topological polar surface area (TPSA) is 79.3 Å². The lowest BCUT2D eigenvalue weighted by molar-refractivity contribution is -0.140. The number of aryl methyl sites for hydroxylation is 1. The largest absolute Gasteiger partial charge is 0.479 e. The van der Waals surface area contributed by atoms with Crippen LogP contribution in [0.1, 0.15) is 16.7 Å². The predicted molar refractivity (Wildman–Crippen MR) is 46.4 cm³/mol. The summed E-state index contributed by atoms with van der Waals surface area (Å²) in [5, 5.41) is 13.0. The van der Waals surface area contributed by atoms with Gasteiger partial charge < -0.3 is 10.4 Å². The SMILES string of the molecule is Cc1csc(C(NC=O)C(=O)O)n1. The van der Waals surface area contributed by atoms with Crippen molar-refractivity contribution in [2.24, 2.45) is 0 Å². The standard InChI is InChI=1S/C7H8N2O3S/c1-4-2-13-6(9-4)5(7(11)12)8-3-10/h2-3,5H,1H3,(H,8,10)(H,11,12). The maximum atomic E-state index is 10.6. The maximum Gasteiger partial charge on any atom is 0.333 e. The Kier molecular flexibility index (Phi) is 2.97. The molecule has 0 aliphatic heterocycles. The van der Waals surface area contributed by atoms with Crippen molar-refractivity contribution in [3.8, 4) is 0 Å². The number of nitrogens with zero attached hydrogens (tertiary/aromatic N) is 1. The van der Waals surface area contributed by atoms with E-state index in [2.05, 4.69) is 10.3 Å². The number of rotatable bonds is 4. The lowest BCUT2D eigenvalue weighted by Gasteiger charge is -2.06. The van der Waals surface area contributed by atoms with E-state index in [0.29, 0.717) is 11.4 Å². The first-order valence-electron chi connectivity index (χ1n) is 3.49. The zero-order valence-corrected chi connectivity index (χ0v) is 7.67. The van der Waals surface area contributed by atoms with E-state index in [9.17, 15) is 9.59 Å². The zero-order valence-electron chi connectivity index (χ0n) is 6.85. The third-order valence-electron chi connectivity index (χ3n) is 1.37. The van der Waals surface area contributed by atoms with E-state index < -0.39 is 12.0 Å². The molecule has 0 aliphatic rings. The molecule has 1 aromatic heterocycles. The highest BCUT2D eigenvalue weighted by atomic mass is 32.1. The van der Waals surface area contributed by atoms with E-state index in [0.717, 1.165) is 5.69 Å². The Balaban J connectivity index is 2.87. The van der Waals surface area contributed by atoms with Crippen LogP contribution in [-0.4, -0.2) is 22.5 Å². The molecule has 1 rings (SSSR count). The van der Waals surface area contributed by atoms with E-state index >= 15 is 0 Å². The van der Waals surface area contributed by atoms with Gasteiger partial charge in [0.1, 0.15) is 5.01 Å². The van der Waals surface area contributed by atoms with Gasteiger partial charge in [-0.05, 0) is 6.92 Å². The van der Waals surface area contributed by atoms with Gasteiger partial charge in [-0.15, -0.1) is 11.3 Å². The van der Waals surface area contributed by atoms with Crippen molar-refractivity contribution in [2.45, 2.75) is 13.0 Å².